The van der Waals surface area contributed by atoms with Gasteiger partial charge in [-0.2, -0.15) is 0 Å². The Morgan fingerprint density at radius 3 is 2.82 bits per heavy atom. The second kappa shape index (κ2) is 6.25. The fourth-order valence-electron chi connectivity index (χ4n) is 2.74. The quantitative estimate of drug-likeness (QED) is 0.909. The summed E-state index contributed by atoms with van der Waals surface area (Å²) in [6.07, 6.45) is 1.38. The predicted molar refractivity (Wildman–Crippen MR) is 79.8 cm³/mol. The lowest BCUT2D eigenvalue weighted by Gasteiger charge is -2.22. The first kappa shape index (κ1) is 14.7. The molecule has 2 aliphatic heterocycles. The second-order valence-corrected chi connectivity index (χ2v) is 5.61. The highest BCUT2D eigenvalue weighted by Gasteiger charge is 2.23. The molecule has 0 radical (unpaired) electrons. The number of carbonyl (C=O) groups is 2. The lowest BCUT2D eigenvalue weighted by Crippen LogP contribution is -2.38. The fraction of sp³-hybridized carbons (Fsp3) is 0.500. The van der Waals surface area contributed by atoms with Crippen molar-refractivity contribution in [1.29, 1.82) is 0 Å². The molecule has 2 heterocycles. The molecule has 0 spiro atoms. The van der Waals surface area contributed by atoms with E-state index in [0.29, 0.717) is 31.9 Å². The van der Waals surface area contributed by atoms with E-state index >= 15 is 0 Å². The average molecular weight is 304 g/mol. The highest BCUT2D eigenvalue weighted by Crippen LogP contribution is 2.32. The second-order valence-electron chi connectivity index (χ2n) is 5.61. The minimum atomic E-state index is -0.152. The van der Waals surface area contributed by atoms with Crippen molar-refractivity contribution in [3.05, 3.63) is 23.8 Å². The SMILES string of the molecule is CC(NC(=O)CN1CCCC1=O)c1ccc2c(c1)OCCO2. The summed E-state index contributed by atoms with van der Waals surface area (Å²) in [5, 5.41) is 2.92. The van der Waals surface area contributed by atoms with Crippen LogP contribution in [0.1, 0.15) is 31.4 Å². The number of nitrogens with one attached hydrogen (secondary N) is 1. The molecule has 1 atom stereocenters. The summed E-state index contributed by atoms with van der Waals surface area (Å²) < 4.78 is 11.0. The lowest BCUT2D eigenvalue weighted by atomic mass is 10.1. The normalized spacial score (nSPS) is 18.2. The molecule has 0 aromatic heterocycles. The fourth-order valence-corrected chi connectivity index (χ4v) is 2.74. The molecular formula is C16H20N2O4. The van der Waals surface area contributed by atoms with Crippen molar-refractivity contribution in [2.45, 2.75) is 25.8 Å². The number of hydrogen-bond donors (Lipinski definition) is 1. The van der Waals surface area contributed by atoms with E-state index in [1.165, 1.54) is 0 Å². The molecule has 6 nitrogen and oxygen atoms in total. The Labute approximate surface area is 129 Å². The van der Waals surface area contributed by atoms with Crippen molar-refractivity contribution < 1.29 is 19.1 Å². The Balaban J connectivity index is 1.60. The number of hydrogen-bond acceptors (Lipinski definition) is 4. The van der Waals surface area contributed by atoms with Crippen LogP contribution in [0.3, 0.4) is 0 Å². The number of fused-ring (bicyclic) bond motifs is 1. The van der Waals surface area contributed by atoms with Crippen molar-refractivity contribution in [3.63, 3.8) is 0 Å². The first-order chi connectivity index (χ1) is 10.6. The zero-order valence-corrected chi connectivity index (χ0v) is 12.6. The molecule has 1 unspecified atom stereocenters. The predicted octanol–water partition coefficient (Wildman–Crippen LogP) is 1.26. The summed E-state index contributed by atoms with van der Waals surface area (Å²) in [4.78, 5) is 25.2. The van der Waals surface area contributed by atoms with Gasteiger partial charge in [0, 0.05) is 13.0 Å². The van der Waals surface area contributed by atoms with Crippen LogP contribution in [0.15, 0.2) is 18.2 Å². The van der Waals surface area contributed by atoms with Crippen molar-refractivity contribution in [2.24, 2.45) is 0 Å². The third-order valence-corrected chi connectivity index (χ3v) is 3.95. The molecule has 118 valence electrons. The van der Waals surface area contributed by atoms with Gasteiger partial charge in [-0.3, -0.25) is 9.59 Å². The minimum Gasteiger partial charge on any atom is -0.486 e. The summed E-state index contributed by atoms with van der Waals surface area (Å²) in [7, 11) is 0. The van der Waals surface area contributed by atoms with Gasteiger partial charge in [0.15, 0.2) is 11.5 Å². The van der Waals surface area contributed by atoms with E-state index < -0.39 is 0 Å². The Morgan fingerprint density at radius 1 is 1.32 bits per heavy atom. The Morgan fingerprint density at radius 2 is 2.09 bits per heavy atom. The molecular weight excluding hydrogens is 284 g/mol. The standard InChI is InChI=1S/C16H20N2O4/c1-11(17-15(19)10-18-6-2-3-16(18)20)12-4-5-13-14(9-12)22-8-7-21-13/h4-5,9,11H,2-3,6-8,10H2,1H3,(H,17,19). The lowest BCUT2D eigenvalue weighted by molar-refractivity contribution is -0.133. The van der Waals surface area contributed by atoms with E-state index in [1.807, 2.05) is 25.1 Å². The maximum atomic E-state index is 12.1. The van der Waals surface area contributed by atoms with Gasteiger partial charge in [-0.15, -0.1) is 0 Å². The van der Waals surface area contributed by atoms with E-state index in [1.54, 1.807) is 4.90 Å². The van der Waals surface area contributed by atoms with Crippen molar-refractivity contribution in [2.75, 3.05) is 26.3 Å². The molecule has 3 rings (SSSR count). The van der Waals surface area contributed by atoms with Crippen LogP contribution in [0.5, 0.6) is 11.5 Å². The smallest absolute Gasteiger partial charge is 0.240 e. The van der Waals surface area contributed by atoms with Gasteiger partial charge in [0.2, 0.25) is 11.8 Å². The zero-order valence-electron chi connectivity index (χ0n) is 12.6. The number of benzene rings is 1. The first-order valence-electron chi connectivity index (χ1n) is 7.60. The van der Waals surface area contributed by atoms with Gasteiger partial charge in [0.25, 0.3) is 0 Å². The number of likely N-dealkylation sites (tertiary alicyclic amines) is 1. The molecule has 0 bridgehead atoms. The Bertz CT molecular complexity index is 588. The number of carbonyl (C=O) groups excluding carboxylic acids is 2. The highest BCUT2D eigenvalue weighted by molar-refractivity contribution is 5.86. The van der Waals surface area contributed by atoms with Crippen molar-refractivity contribution >= 4 is 11.8 Å². The molecule has 0 aliphatic carbocycles. The molecule has 22 heavy (non-hydrogen) atoms. The van der Waals surface area contributed by atoms with Gasteiger partial charge in [-0.05, 0) is 31.0 Å². The summed E-state index contributed by atoms with van der Waals surface area (Å²) in [6, 6.07) is 5.51. The van der Waals surface area contributed by atoms with Crippen LogP contribution in [-0.2, 0) is 9.59 Å². The molecule has 1 aromatic carbocycles. The van der Waals surface area contributed by atoms with Crippen LogP contribution < -0.4 is 14.8 Å². The average Bonchev–Trinajstić information content (AvgIpc) is 2.91. The topological polar surface area (TPSA) is 67.9 Å². The van der Waals surface area contributed by atoms with Gasteiger partial charge >= 0.3 is 0 Å². The van der Waals surface area contributed by atoms with Crippen molar-refractivity contribution in [1.82, 2.24) is 10.2 Å². The van der Waals surface area contributed by atoms with Gasteiger partial charge in [-0.1, -0.05) is 6.07 Å². The summed E-state index contributed by atoms with van der Waals surface area (Å²) in [5.74, 6) is 1.36. The Kier molecular flexibility index (Phi) is 4.18. The first-order valence-corrected chi connectivity index (χ1v) is 7.60. The van der Waals surface area contributed by atoms with Crippen molar-refractivity contribution in [3.8, 4) is 11.5 Å². The highest BCUT2D eigenvalue weighted by atomic mass is 16.6. The van der Waals surface area contributed by atoms with E-state index in [9.17, 15) is 9.59 Å². The largest absolute Gasteiger partial charge is 0.486 e. The molecule has 1 N–H and O–H groups in total. The van der Waals surface area contributed by atoms with Crippen LogP contribution >= 0.6 is 0 Å². The van der Waals surface area contributed by atoms with Crippen LogP contribution in [0, 0.1) is 0 Å². The van der Waals surface area contributed by atoms with Gasteiger partial charge in [-0.25, -0.2) is 0 Å². The number of ether oxygens (including phenoxy) is 2. The molecule has 1 aromatic rings. The maximum absolute atomic E-state index is 12.1. The van der Waals surface area contributed by atoms with E-state index in [2.05, 4.69) is 5.32 Å². The number of rotatable bonds is 4. The summed E-state index contributed by atoms with van der Waals surface area (Å²) >= 11 is 0. The molecule has 2 amide bonds. The monoisotopic (exact) mass is 304 g/mol. The maximum Gasteiger partial charge on any atom is 0.240 e. The van der Waals surface area contributed by atoms with Crippen LogP contribution in [0.25, 0.3) is 0 Å². The molecule has 1 saturated heterocycles. The van der Waals surface area contributed by atoms with Crippen LogP contribution in [0.2, 0.25) is 0 Å². The summed E-state index contributed by atoms with van der Waals surface area (Å²) in [6.45, 7) is 3.81. The zero-order chi connectivity index (χ0) is 15.5. The molecule has 1 fully saturated rings. The van der Waals surface area contributed by atoms with Crippen LogP contribution in [0.4, 0.5) is 0 Å². The third kappa shape index (κ3) is 3.16. The number of nitrogens with zero attached hydrogens (tertiary/aromatic N) is 1. The van der Waals surface area contributed by atoms with Gasteiger partial charge in [0.05, 0.1) is 12.6 Å². The summed E-state index contributed by atoms with van der Waals surface area (Å²) in [5.41, 5.74) is 0.949. The molecule has 2 aliphatic rings. The van der Waals surface area contributed by atoms with Gasteiger partial charge < -0.3 is 19.7 Å². The van der Waals surface area contributed by atoms with E-state index in [-0.39, 0.29) is 24.4 Å². The molecule has 0 saturated carbocycles. The minimum absolute atomic E-state index is 0.0575. The molecule has 6 heteroatoms. The number of amides is 2. The van der Waals surface area contributed by atoms with Crippen LogP contribution in [-0.4, -0.2) is 43.0 Å². The van der Waals surface area contributed by atoms with E-state index in [4.69, 9.17) is 9.47 Å². The van der Waals surface area contributed by atoms with Gasteiger partial charge in [0.1, 0.15) is 13.2 Å². The van der Waals surface area contributed by atoms with E-state index in [0.717, 1.165) is 17.7 Å². The Hall–Kier alpha value is -2.24. The third-order valence-electron chi connectivity index (χ3n) is 3.95.